The van der Waals surface area contributed by atoms with E-state index in [9.17, 15) is 4.79 Å². The van der Waals surface area contributed by atoms with Crippen LogP contribution in [0.3, 0.4) is 0 Å². The van der Waals surface area contributed by atoms with Crippen molar-refractivity contribution in [3.05, 3.63) is 29.8 Å². The summed E-state index contributed by atoms with van der Waals surface area (Å²) in [6.45, 7) is 12.8. The van der Waals surface area contributed by atoms with E-state index < -0.39 is 0 Å². The van der Waals surface area contributed by atoms with E-state index in [1.54, 1.807) is 0 Å². The second-order valence-electron chi connectivity index (χ2n) is 9.23. The summed E-state index contributed by atoms with van der Waals surface area (Å²) in [6, 6.07) is 8.50. The first-order chi connectivity index (χ1) is 13.1. The first-order valence-electron chi connectivity index (χ1n) is 10.1. The Labute approximate surface area is 172 Å². The third-order valence-corrected chi connectivity index (χ3v) is 6.40. The summed E-state index contributed by atoms with van der Waals surface area (Å²) in [4.78, 5) is 14.6. The predicted octanol–water partition coefficient (Wildman–Crippen LogP) is 4.38. The molecule has 0 spiro atoms. The molecule has 3 rings (SSSR count). The molecule has 1 saturated heterocycles. The van der Waals surface area contributed by atoms with E-state index in [-0.39, 0.29) is 11.3 Å². The molecule has 5 nitrogen and oxygen atoms in total. The second kappa shape index (κ2) is 8.27. The Morgan fingerprint density at radius 1 is 1.11 bits per heavy atom. The van der Waals surface area contributed by atoms with Crippen molar-refractivity contribution in [1.29, 1.82) is 0 Å². The van der Waals surface area contributed by atoms with Gasteiger partial charge in [0.2, 0.25) is 5.91 Å². The minimum atomic E-state index is 0.128. The number of piperidine rings is 1. The Balaban J connectivity index is 1.65. The van der Waals surface area contributed by atoms with Crippen LogP contribution in [-0.2, 0) is 17.3 Å². The molecule has 1 fully saturated rings. The molecule has 6 heteroatoms. The van der Waals surface area contributed by atoms with Crippen molar-refractivity contribution in [1.82, 2.24) is 19.7 Å². The quantitative estimate of drug-likeness (QED) is 0.715. The molecule has 0 bridgehead atoms. The maximum absolute atomic E-state index is 12.6. The highest BCUT2D eigenvalue weighted by molar-refractivity contribution is 7.99. The van der Waals surface area contributed by atoms with E-state index in [1.165, 1.54) is 23.7 Å². The summed E-state index contributed by atoms with van der Waals surface area (Å²) in [5.41, 5.74) is 2.46. The van der Waals surface area contributed by atoms with Gasteiger partial charge < -0.3 is 9.47 Å². The number of carbonyl (C=O) groups is 1. The lowest BCUT2D eigenvalue weighted by Gasteiger charge is -2.34. The lowest BCUT2D eigenvalue weighted by Crippen LogP contribution is -2.43. The maximum atomic E-state index is 12.6. The first kappa shape index (κ1) is 20.9. The van der Waals surface area contributed by atoms with Gasteiger partial charge in [-0.25, -0.2) is 0 Å². The number of nitrogens with zero attached hydrogens (tertiary/aromatic N) is 4. The van der Waals surface area contributed by atoms with Crippen LogP contribution < -0.4 is 0 Å². The number of carbonyl (C=O) groups excluding carboxylic acids is 1. The average Bonchev–Trinajstić information content (AvgIpc) is 2.99. The van der Waals surface area contributed by atoms with Gasteiger partial charge in [-0.2, -0.15) is 0 Å². The number of rotatable bonds is 4. The Bertz CT molecular complexity index is 812. The summed E-state index contributed by atoms with van der Waals surface area (Å²) in [6.07, 6.45) is 1.21. The van der Waals surface area contributed by atoms with Crippen LogP contribution in [0.1, 0.15) is 46.6 Å². The van der Waals surface area contributed by atoms with Crippen LogP contribution in [0.2, 0.25) is 0 Å². The third-order valence-electron chi connectivity index (χ3n) is 5.39. The van der Waals surface area contributed by atoms with E-state index in [2.05, 4.69) is 69.1 Å². The minimum absolute atomic E-state index is 0.128. The number of thioether (sulfide) groups is 1. The molecule has 1 aromatic carbocycles. The molecule has 1 aliphatic heterocycles. The van der Waals surface area contributed by atoms with Crippen LogP contribution >= 0.6 is 11.8 Å². The molecular weight excluding hydrogens is 368 g/mol. The molecule has 0 aliphatic carbocycles. The minimum Gasteiger partial charge on any atom is -0.341 e. The van der Waals surface area contributed by atoms with Crippen molar-refractivity contribution in [2.24, 2.45) is 18.9 Å². The van der Waals surface area contributed by atoms with Crippen LogP contribution in [0.4, 0.5) is 0 Å². The Kier molecular flexibility index (Phi) is 6.18. The molecule has 2 heterocycles. The molecule has 28 heavy (non-hydrogen) atoms. The summed E-state index contributed by atoms with van der Waals surface area (Å²) in [7, 11) is 1.96. The number of benzene rings is 1. The van der Waals surface area contributed by atoms with E-state index in [0.717, 1.165) is 29.6 Å². The highest BCUT2D eigenvalue weighted by Crippen LogP contribution is 2.27. The van der Waals surface area contributed by atoms with Crippen LogP contribution in [0, 0.1) is 11.8 Å². The predicted molar refractivity (Wildman–Crippen MR) is 115 cm³/mol. The number of hydrogen-bond donors (Lipinski definition) is 0. The van der Waals surface area contributed by atoms with Crippen molar-refractivity contribution in [3.63, 3.8) is 0 Å². The standard InChI is InChI=1S/C22H32N4OS/c1-15-11-16(2)13-26(12-15)19(27)14-28-21-24-23-20(25(21)6)17-7-9-18(10-8-17)22(3,4)5/h7-10,15-16H,11-14H2,1-6H3/t15-,16-/m1/s1. The van der Waals surface area contributed by atoms with Crippen molar-refractivity contribution < 1.29 is 4.79 Å². The van der Waals surface area contributed by atoms with Gasteiger partial charge in [-0.05, 0) is 29.2 Å². The monoisotopic (exact) mass is 400 g/mol. The topological polar surface area (TPSA) is 51.0 Å². The van der Waals surface area contributed by atoms with E-state index in [1.807, 2.05) is 16.5 Å². The van der Waals surface area contributed by atoms with Gasteiger partial charge in [0, 0.05) is 25.7 Å². The summed E-state index contributed by atoms with van der Waals surface area (Å²) in [5.74, 6) is 2.59. The molecule has 1 amide bonds. The van der Waals surface area contributed by atoms with Crippen LogP contribution in [0.25, 0.3) is 11.4 Å². The molecule has 152 valence electrons. The maximum Gasteiger partial charge on any atom is 0.233 e. The normalized spacial score (nSPS) is 20.4. The van der Waals surface area contributed by atoms with Gasteiger partial charge in [0.15, 0.2) is 11.0 Å². The number of amides is 1. The lowest BCUT2D eigenvalue weighted by molar-refractivity contribution is -0.130. The van der Waals surface area contributed by atoms with Gasteiger partial charge in [0.1, 0.15) is 0 Å². The van der Waals surface area contributed by atoms with E-state index >= 15 is 0 Å². The smallest absolute Gasteiger partial charge is 0.233 e. The number of likely N-dealkylation sites (tertiary alicyclic amines) is 1. The van der Waals surface area contributed by atoms with Gasteiger partial charge in [0.05, 0.1) is 5.75 Å². The van der Waals surface area contributed by atoms with E-state index in [0.29, 0.717) is 17.6 Å². The van der Waals surface area contributed by atoms with Crippen LogP contribution in [0.5, 0.6) is 0 Å². The molecule has 0 radical (unpaired) electrons. The van der Waals surface area contributed by atoms with Gasteiger partial charge in [-0.3, -0.25) is 4.79 Å². The highest BCUT2D eigenvalue weighted by atomic mass is 32.2. The molecule has 0 saturated carbocycles. The van der Waals surface area contributed by atoms with Crippen molar-refractivity contribution in [3.8, 4) is 11.4 Å². The van der Waals surface area contributed by atoms with Gasteiger partial charge in [-0.1, -0.05) is 70.6 Å². The zero-order valence-electron chi connectivity index (χ0n) is 17.9. The number of hydrogen-bond acceptors (Lipinski definition) is 4. The fourth-order valence-electron chi connectivity index (χ4n) is 3.90. The van der Waals surface area contributed by atoms with Gasteiger partial charge in [-0.15, -0.1) is 10.2 Å². The summed E-state index contributed by atoms with van der Waals surface area (Å²) < 4.78 is 1.98. The zero-order valence-corrected chi connectivity index (χ0v) is 18.7. The fraction of sp³-hybridized carbons (Fsp3) is 0.591. The first-order valence-corrected chi connectivity index (χ1v) is 11.0. The molecule has 0 unspecified atom stereocenters. The average molecular weight is 401 g/mol. The largest absolute Gasteiger partial charge is 0.341 e. The van der Waals surface area contributed by atoms with Crippen LogP contribution in [0.15, 0.2) is 29.4 Å². The highest BCUT2D eigenvalue weighted by Gasteiger charge is 2.25. The fourth-order valence-corrected chi connectivity index (χ4v) is 4.71. The molecule has 2 atom stereocenters. The Morgan fingerprint density at radius 2 is 1.71 bits per heavy atom. The van der Waals surface area contributed by atoms with Crippen molar-refractivity contribution in [2.75, 3.05) is 18.8 Å². The summed E-state index contributed by atoms with van der Waals surface area (Å²) >= 11 is 1.47. The molecule has 0 N–H and O–H groups in total. The lowest BCUT2D eigenvalue weighted by atomic mass is 9.87. The Hall–Kier alpha value is -1.82. The molecule has 1 aromatic heterocycles. The van der Waals surface area contributed by atoms with Crippen molar-refractivity contribution in [2.45, 2.75) is 51.6 Å². The van der Waals surface area contributed by atoms with E-state index in [4.69, 9.17) is 0 Å². The third kappa shape index (κ3) is 4.77. The molecular formula is C22H32N4OS. The van der Waals surface area contributed by atoms with Gasteiger partial charge in [0.25, 0.3) is 0 Å². The molecule has 2 aromatic rings. The zero-order chi connectivity index (χ0) is 20.5. The summed E-state index contributed by atoms with van der Waals surface area (Å²) in [5, 5.41) is 9.45. The SMILES string of the molecule is C[C@@H]1C[C@@H](C)CN(C(=O)CSc2nnc(-c3ccc(C(C)(C)C)cc3)n2C)C1. The second-order valence-corrected chi connectivity index (χ2v) is 10.2. The van der Waals surface area contributed by atoms with Crippen LogP contribution in [-0.4, -0.2) is 44.4 Å². The van der Waals surface area contributed by atoms with Crippen molar-refractivity contribution >= 4 is 17.7 Å². The number of aromatic nitrogens is 3. The van der Waals surface area contributed by atoms with Gasteiger partial charge >= 0.3 is 0 Å². The molecule has 1 aliphatic rings. The Morgan fingerprint density at radius 3 is 2.29 bits per heavy atom.